The third-order valence-electron chi connectivity index (χ3n) is 13.9. The molecular weight excluding hydrogens is 808 g/mol. The molecule has 4 fully saturated rings. The van der Waals surface area contributed by atoms with E-state index in [2.05, 4.69) is 68.0 Å². The number of fused-ring (bicyclic) bond motifs is 1. The summed E-state index contributed by atoms with van der Waals surface area (Å²) >= 11 is 6.26. The van der Waals surface area contributed by atoms with Gasteiger partial charge in [-0.25, -0.2) is 0 Å². The number of carbonyl (C=O) groups excluding carboxylic acids is 5. The molecule has 0 bridgehead atoms. The van der Waals surface area contributed by atoms with Crippen molar-refractivity contribution in [2.45, 2.75) is 116 Å². The molecule has 3 aliphatic heterocycles. The number of amides is 5. The normalized spacial score (nSPS) is 25.5. The van der Waals surface area contributed by atoms with Crippen molar-refractivity contribution in [3.8, 4) is 17.6 Å². The molecule has 5 aliphatic rings. The number of nitriles is 1. The standard InChI is InChI=1S/C48H55ClN6O7/c1-27(2)54(32-21-35(22-32)61-33-13-14-36-37(23-33)44(60)55(43(36)59)39-15-16-40(56)51-42(39)58)26-28-17-19-53(20-18-28)31-10-7-29(8-11-31)41(57)52-45-47(3,4)46(48(45,5)6)62-34-12-9-30(25-50)38(49)24-34/h7-14,23-24,27-28,32,35,39,45-46H,15-22,26H2,1-6H3,(H,52,57)(H,51,56,58)/t32-,35-,39?,45-,46-. The van der Waals surface area contributed by atoms with Gasteiger partial charge in [0.15, 0.2) is 0 Å². The molecule has 0 spiro atoms. The Morgan fingerprint density at radius 1 is 0.903 bits per heavy atom. The highest BCUT2D eigenvalue weighted by molar-refractivity contribution is 6.31. The number of carbonyl (C=O) groups is 5. The van der Waals surface area contributed by atoms with Gasteiger partial charge < -0.3 is 19.7 Å². The lowest BCUT2D eigenvalue weighted by molar-refractivity contribution is -0.164. The maximum atomic E-state index is 13.6. The van der Waals surface area contributed by atoms with Crippen molar-refractivity contribution in [2.75, 3.05) is 24.5 Å². The second-order valence-electron chi connectivity index (χ2n) is 19.1. The number of rotatable bonds is 12. The summed E-state index contributed by atoms with van der Waals surface area (Å²) in [5, 5.41) is 15.1. The van der Waals surface area contributed by atoms with Crippen molar-refractivity contribution in [1.82, 2.24) is 20.4 Å². The molecule has 5 amide bonds. The quantitative estimate of drug-likeness (QED) is 0.186. The Morgan fingerprint density at radius 2 is 1.55 bits per heavy atom. The van der Waals surface area contributed by atoms with Gasteiger partial charge in [0.25, 0.3) is 17.7 Å². The van der Waals surface area contributed by atoms with Crippen LogP contribution in [0.5, 0.6) is 11.5 Å². The Kier molecular flexibility index (Phi) is 11.6. The van der Waals surface area contributed by atoms with Gasteiger partial charge in [-0.05, 0) is 93.6 Å². The molecule has 2 saturated heterocycles. The summed E-state index contributed by atoms with van der Waals surface area (Å²) in [6.07, 6.45) is 3.86. The predicted molar refractivity (Wildman–Crippen MR) is 233 cm³/mol. The number of imide groups is 2. The van der Waals surface area contributed by atoms with Crippen molar-refractivity contribution < 1.29 is 33.4 Å². The molecule has 8 rings (SSSR count). The van der Waals surface area contributed by atoms with Gasteiger partial charge in [-0.1, -0.05) is 39.3 Å². The van der Waals surface area contributed by atoms with Gasteiger partial charge in [0.1, 0.15) is 35.8 Å². The van der Waals surface area contributed by atoms with Crippen molar-refractivity contribution in [1.29, 1.82) is 5.26 Å². The van der Waals surface area contributed by atoms with Crippen LogP contribution in [0.4, 0.5) is 5.69 Å². The van der Waals surface area contributed by atoms with E-state index in [1.807, 2.05) is 24.3 Å². The molecule has 3 aromatic rings. The van der Waals surface area contributed by atoms with Crippen molar-refractivity contribution in [3.05, 3.63) is 87.9 Å². The largest absolute Gasteiger partial charge is 0.490 e. The Hall–Kier alpha value is -5.45. The summed E-state index contributed by atoms with van der Waals surface area (Å²) in [7, 11) is 0. The molecule has 1 unspecified atom stereocenters. The molecule has 2 N–H and O–H groups in total. The van der Waals surface area contributed by atoms with E-state index in [1.54, 1.807) is 36.4 Å². The van der Waals surface area contributed by atoms with Crippen LogP contribution in [0.2, 0.25) is 5.02 Å². The molecule has 14 heteroatoms. The van der Waals surface area contributed by atoms with E-state index in [-0.39, 0.29) is 59.0 Å². The number of hydrogen-bond donors (Lipinski definition) is 2. The van der Waals surface area contributed by atoms with Crippen LogP contribution in [-0.2, 0) is 9.59 Å². The Bertz CT molecular complexity index is 2310. The van der Waals surface area contributed by atoms with Crippen LogP contribution < -0.4 is 25.0 Å². The minimum atomic E-state index is -1.00. The van der Waals surface area contributed by atoms with Crippen LogP contribution in [0.3, 0.4) is 0 Å². The molecule has 326 valence electrons. The van der Waals surface area contributed by atoms with Crippen LogP contribution in [0, 0.1) is 28.1 Å². The highest BCUT2D eigenvalue weighted by Crippen LogP contribution is 2.55. The summed E-state index contributed by atoms with van der Waals surface area (Å²) in [5.41, 5.74) is 1.87. The van der Waals surface area contributed by atoms with Crippen LogP contribution >= 0.6 is 11.6 Å². The zero-order chi connectivity index (χ0) is 44.2. The summed E-state index contributed by atoms with van der Waals surface area (Å²) in [5.74, 6) is -0.542. The Labute approximate surface area is 368 Å². The summed E-state index contributed by atoms with van der Waals surface area (Å²) in [6.45, 7) is 15.8. The molecular formula is C48H55ClN6O7. The predicted octanol–water partition coefficient (Wildman–Crippen LogP) is 6.76. The number of halogens is 1. The maximum Gasteiger partial charge on any atom is 0.262 e. The number of piperidine rings is 2. The van der Waals surface area contributed by atoms with Gasteiger partial charge in [-0.2, -0.15) is 5.26 Å². The molecule has 13 nitrogen and oxygen atoms in total. The van der Waals surface area contributed by atoms with E-state index in [1.165, 1.54) is 0 Å². The first-order valence-corrected chi connectivity index (χ1v) is 22.1. The first-order valence-electron chi connectivity index (χ1n) is 21.8. The van der Waals surface area contributed by atoms with Crippen LogP contribution in [0.1, 0.15) is 117 Å². The smallest absolute Gasteiger partial charge is 0.262 e. The van der Waals surface area contributed by atoms with E-state index in [0.717, 1.165) is 55.9 Å². The number of hydrogen-bond acceptors (Lipinski definition) is 10. The number of nitrogens with zero attached hydrogens (tertiary/aromatic N) is 4. The fraction of sp³-hybridized carbons (Fsp3) is 0.500. The molecule has 62 heavy (non-hydrogen) atoms. The summed E-state index contributed by atoms with van der Waals surface area (Å²) in [4.78, 5) is 70.0. The van der Waals surface area contributed by atoms with Gasteiger partial charge in [0.2, 0.25) is 11.8 Å². The van der Waals surface area contributed by atoms with Gasteiger partial charge in [0, 0.05) is 85.2 Å². The first kappa shape index (κ1) is 43.2. The lowest BCUT2D eigenvalue weighted by atomic mass is 9.49. The van der Waals surface area contributed by atoms with E-state index in [9.17, 15) is 29.2 Å². The van der Waals surface area contributed by atoms with Gasteiger partial charge in [0.05, 0.1) is 21.7 Å². The number of benzene rings is 3. The third kappa shape index (κ3) is 8.03. The van der Waals surface area contributed by atoms with E-state index in [4.69, 9.17) is 21.1 Å². The molecule has 2 saturated carbocycles. The number of ether oxygens (including phenoxy) is 2. The molecule has 1 atom stereocenters. The average molecular weight is 863 g/mol. The molecule has 0 aromatic heterocycles. The van der Waals surface area contributed by atoms with Gasteiger partial charge in [-0.15, -0.1) is 0 Å². The average Bonchev–Trinajstić information content (AvgIpc) is 3.47. The molecule has 2 aliphatic carbocycles. The third-order valence-corrected chi connectivity index (χ3v) is 14.2. The van der Waals surface area contributed by atoms with Crippen molar-refractivity contribution in [2.24, 2.45) is 16.7 Å². The second-order valence-corrected chi connectivity index (χ2v) is 19.5. The number of nitrogens with one attached hydrogen (secondary N) is 2. The Balaban J connectivity index is 0.795. The van der Waals surface area contributed by atoms with Gasteiger partial charge in [-0.3, -0.25) is 39.1 Å². The van der Waals surface area contributed by atoms with E-state index >= 15 is 0 Å². The topological polar surface area (TPSA) is 161 Å². The fourth-order valence-electron chi connectivity index (χ4n) is 10.7. The fourth-order valence-corrected chi connectivity index (χ4v) is 10.9. The van der Waals surface area contributed by atoms with E-state index < -0.39 is 29.7 Å². The molecule has 3 heterocycles. The van der Waals surface area contributed by atoms with E-state index in [0.29, 0.717) is 45.7 Å². The lowest BCUT2D eigenvalue weighted by Crippen LogP contribution is -2.74. The van der Waals surface area contributed by atoms with Crippen LogP contribution in [0.25, 0.3) is 0 Å². The Morgan fingerprint density at radius 3 is 2.18 bits per heavy atom. The summed E-state index contributed by atoms with van der Waals surface area (Å²) in [6, 6.07) is 19.6. The minimum absolute atomic E-state index is 0.0117. The zero-order valence-corrected chi connectivity index (χ0v) is 37.0. The van der Waals surface area contributed by atoms with Gasteiger partial charge >= 0.3 is 0 Å². The minimum Gasteiger partial charge on any atom is -0.490 e. The monoisotopic (exact) mass is 862 g/mol. The number of anilines is 1. The lowest BCUT2D eigenvalue weighted by Gasteiger charge is -2.63. The molecule has 3 aromatic carbocycles. The highest BCUT2D eigenvalue weighted by Gasteiger charge is 2.64. The zero-order valence-electron chi connectivity index (χ0n) is 36.2. The van der Waals surface area contributed by atoms with Crippen molar-refractivity contribution in [3.63, 3.8) is 0 Å². The first-order chi connectivity index (χ1) is 29.5. The van der Waals surface area contributed by atoms with Crippen LogP contribution in [-0.4, -0.2) is 95.3 Å². The summed E-state index contributed by atoms with van der Waals surface area (Å²) < 4.78 is 12.7. The SMILES string of the molecule is CC(C)N(CC1CCN(c2ccc(C(=O)N[C@H]3C(C)(C)[C@H](Oc4ccc(C#N)c(Cl)c4)C3(C)C)cc2)CC1)[C@H]1C[C@H](Oc2ccc3c(c2)C(=O)N(C2CCC(=O)NC2=O)C3=O)C1. The maximum absolute atomic E-state index is 13.6. The van der Waals surface area contributed by atoms with Crippen LogP contribution in [0.15, 0.2) is 60.7 Å². The molecule has 0 radical (unpaired) electrons. The highest BCUT2D eigenvalue weighted by atomic mass is 35.5. The van der Waals surface area contributed by atoms with Crippen molar-refractivity contribution >= 4 is 46.8 Å². The second kappa shape index (κ2) is 16.7.